The zero-order valence-electron chi connectivity index (χ0n) is 17.4. The van der Waals surface area contributed by atoms with Crippen LogP contribution in [0.1, 0.15) is 18.9 Å². The number of ether oxygens (including phenoxy) is 2. The molecule has 2 atom stereocenters. The number of methoxy groups -OCH3 is 1. The number of hydrogen-bond donors (Lipinski definition) is 2. The van der Waals surface area contributed by atoms with Crippen molar-refractivity contribution in [2.24, 2.45) is 5.73 Å². The summed E-state index contributed by atoms with van der Waals surface area (Å²) in [6.07, 6.45) is 5.95. The van der Waals surface area contributed by atoms with Gasteiger partial charge >= 0.3 is 12.6 Å². The smallest absolute Gasteiger partial charge is 0.345 e. The predicted octanol–water partition coefficient (Wildman–Crippen LogP) is 3.15. The SMILES string of the molecule is C=C/C=C(\C=C)COC(=O)[C@H](CCc1ccccc1)NC(=O)C(C)N.COC(F)F. The average Bonchev–Trinajstić information content (AvgIpc) is 2.74. The lowest BCUT2D eigenvalue weighted by Crippen LogP contribution is -2.48. The number of aryl methyl sites for hydroxylation is 1. The van der Waals surface area contributed by atoms with Gasteiger partial charge in [-0.2, -0.15) is 8.78 Å². The lowest BCUT2D eigenvalue weighted by atomic mass is 10.0. The highest BCUT2D eigenvalue weighted by Gasteiger charge is 2.23. The van der Waals surface area contributed by atoms with E-state index in [0.29, 0.717) is 12.8 Å². The van der Waals surface area contributed by atoms with Gasteiger partial charge < -0.3 is 20.5 Å². The number of rotatable bonds is 11. The van der Waals surface area contributed by atoms with Gasteiger partial charge in [0.1, 0.15) is 12.6 Å². The van der Waals surface area contributed by atoms with Crippen LogP contribution in [0.5, 0.6) is 0 Å². The van der Waals surface area contributed by atoms with Crippen molar-refractivity contribution in [1.29, 1.82) is 0 Å². The summed E-state index contributed by atoms with van der Waals surface area (Å²) in [5.41, 5.74) is 7.38. The number of benzene rings is 1. The van der Waals surface area contributed by atoms with E-state index in [2.05, 4.69) is 23.2 Å². The van der Waals surface area contributed by atoms with Gasteiger partial charge in [-0.1, -0.05) is 61.7 Å². The average molecular weight is 424 g/mol. The molecule has 8 heteroatoms. The van der Waals surface area contributed by atoms with E-state index in [-0.39, 0.29) is 12.5 Å². The molecule has 1 aromatic rings. The Morgan fingerprint density at radius 1 is 1.23 bits per heavy atom. The molecule has 0 bridgehead atoms. The van der Waals surface area contributed by atoms with E-state index in [1.54, 1.807) is 25.2 Å². The molecule has 3 N–H and O–H groups in total. The molecule has 0 spiro atoms. The quantitative estimate of drug-likeness (QED) is 0.421. The standard InChI is InChI=1S/C20H26N2O3.C2H4F2O/c1-4-9-16(5-2)14-25-20(24)18(22-19(23)15(3)21)13-12-17-10-7-6-8-11-17;1-5-2(3)4/h4-11,15,18H,1-2,12-14,21H2,3H3,(H,22,23);2H,1H3/b16-9+;/t15?,18-;/m0./s1. The van der Waals surface area contributed by atoms with Crippen LogP contribution < -0.4 is 11.1 Å². The van der Waals surface area contributed by atoms with Crippen molar-refractivity contribution in [3.63, 3.8) is 0 Å². The molecule has 0 aliphatic rings. The molecule has 6 nitrogen and oxygen atoms in total. The minimum Gasteiger partial charge on any atom is -0.459 e. The van der Waals surface area contributed by atoms with Crippen molar-refractivity contribution in [3.05, 3.63) is 72.9 Å². The van der Waals surface area contributed by atoms with Crippen molar-refractivity contribution in [3.8, 4) is 0 Å². The highest BCUT2D eigenvalue weighted by atomic mass is 19.3. The third-order valence-corrected chi connectivity index (χ3v) is 3.73. The Morgan fingerprint density at radius 3 is 2.30 bits per heavy atom. The second-order valence-corrected chi connectivity index (χ2v) is 6.16. The summed E-state index contributed by atoms with van der Waals surface area (Å²) in [5.74, 6) is -0.887. The van der Waals surface area contributed by atoms with Crippen LogP contribution in [0.2, 0.25) is 0 Å². The number of hydrogen-bond acceptors (Lipinski definition) is 5. The lowest BCUT2D eigenvalue weighted by molar-refractivity contribution is -0.147. The van der Waals surface area contributed by atoms with Gasteiger partial charge in [-0.05, 0) is 30.9 Å². The Bertz CT molecular complexity index is 692. The Morgan fingerprint density at radius 2 is 1.83 bits per heavy atom. The topological polar surface area (TPSA) is 90.7 Å². The summed E-state index contributed by atoms with van der Waals surface area (Å²) in [6.45, 7) is 6.28. The molecule has 1 rings (SSSR count). The van der Waals surface area contributed by atoms with Crippen molar-refractivity contribution in [2.45, 2.75) is 38.5 Å². The summed E-state index contributed by atoms with van der Waals surface area (Å²) in [7, 11) is 0.949. The summed E-state index contributed by atoms with van der Waals surface area (Å²) < 4.78 is 29.8. The number of nitrogens with two attached hydrogens (primary N) is 1. The minimum atomic E-state index is -2.62. The maximum Gasteiger partial charge on any atom is 0.345 e. The Hall–Kier alpha value is -2.84. The van der Waals surface area contributed by atoms with Gasteiger partial charge in [0.05, 0.1) is 6.04 Å². The molecule has 0 aliphatic heterocycles. The van der Waals surface area contributed by atoms with Crippen LogP contribution in [0.4, 0.5) is 8.78 Å². The summed E-state index contributed by atoms with van der Waals surface area (Å²) in [6, 6.07) is 8.27. The second-order valence-electron chi connectivity index (χ2n) is 6.16. The molecule has 0 heterocycles. The van der Waals surface area contributed by atoms with Gasteiger partial charge in [0, 0.05) is 7.11 Å². The van der Waals surface area contributed by atoms with Crippen LogP contribution in [0.3, 0.4) is 0 Å². The van der Waals surface area contributed by atoms with Crippen LogP contribution in [-0.4, -0.2) is 44.3 Å². The van der Waals surface area contributed by atoms with Gasteiger partial charge in [-0.3, -0.25) is 4.79 Å². The van der Waals surface area contributed by atoms with E-state index < -0.39 is 24.7 Å². The maximum absolute atomic E-state index is 12.4. The van der Waals surface area contributed by atoms with Gasteiger partial charge in [0.25, 0.3) is 0 Å². The van der Waals surface area contributed by atoms with E-state index in [9.17, 15) is 18.4 Å². The summed E-state index contributed by atoms with van der Waals surface area (Å²) >= 11 is 0. The van der Waals surface area contributed by atoms with Crippen LogP contribution >= 0.6 is 0 Å². The predicted molar refractivity (Wildman–Crippen MR) is 113 cm³/mol. The number of carbonyl (C=O) groups excluding carboxylic acids is 2. The fraction of sp³-hybridized carbons (Fsp3) is 0.364. The van der Waals surface area contributed by atoms with Crippen LogP contribution in [0.25, 0.3) is 0 Å². The lowest BCUT2D eigenvalue weighted by Gasteiger charge is -2.19. The Balaban J connectivity index is 0.00000150. The molecule has 0 saturated carbocycles. The molecule has 0 aromatic heterocycles. The maximum atomic E-state index is 12.4. The van der Waals surface area contributed by atoms with Gasteiger partial charge in [-0.25, -0.2) is 4.79 Å². The normalized spacial score (nSPS) is 12.8. The van der Waals surface area contributed by atoms with Crippen LogP contribution in [0.15, 0.2) is 67.3 Å². The van der Waals surface area contributed by atoms with Crippen molar-refractivity contribution >= 4 is 11.9 Å². The highest BCUT2D eigenvalue weighted by molar-refractivity contribution is 5.87. The largest absolute Gasteiger partial charge is 0.459 e. The first kappa shape index (κ1) is 27.2. The molecular formula is C22H30F2N2O4. The molecule has 0 radical (unpaired) electrons. The second kappa shape index (κ2) is 16.0. The molecule has 0 saturated heterocycles. The summed E-state index contributed by atoms with van der Waals surface area (Å²) in [5, 5.41) is 2.66. The highest BCUT2D eigenvalue weighted by Crippen LogP contribution is 2.08. The number of carbonyl (C=O) groups is 2. The van der Waals surface area contributed by atoms with E-state index in [4.69, 9.17) is 10.5 Å². The third-order valence-electron chi connectivity index (χ3n) is 3.73. The van der Waals surface area contributed by atoms with Gasteiger partial charge in [-0.15, -0.1) is 0 Å². The zero-order valence-corrected chi connectivity index (χ0v) is 17.4. The molecule has 166 valence electrons. The fourth-order valence-corrected chi connectivity index (χ4v) is 2.09. The fourth-order valence-electron chi connectivity index (χ4n) is 2.09. The third kappa shape index (κ3) is 12.6. The van der Waals surface area contributed by atoms with E-state index in [1.807, 2.05) is 30.3 Å². The number of alkyl halides is 2. The first-order valence-corrected chi connectivity index (χ1v) is 9.26. The van der Waals surface area contributed by atoms with E-state index in [0.717, 1.165) is 18.2 Å². The first-order valence-electron chi connectivity index (χ1n) is 9.26. The molecular weight excluding hydrogens is 394 g/mol. The number of nitrogens with one attached hydrogen (secondary N) is 1. The molecule has 30 heavy (non-hydrogen) atoms. The van der Waals surface area contributed by atoms with E-state index in [1.165, 1.54) is 0 Å². The van der Waals surface area contributed by atoms with Crippen LogP contribution in [0, 0.1) is 0 Å². The Labute approximate surface area is 176 Å². The number of halogens is 2. The molecule has 0 aliphatic carbocycles. The van der Waals surface area contributed by atoms with Gasteiger partial charge in [0.15, 0.2) is 0 Å². The van der Waals surface area contributed by atoms with Gasteiger partial charge in [0.2, 0.25) is 5.91 Å². The molecule has 1 aromatic carbocycles. The molecule has 1 unspecified atom stereocenters. The summed E-state index contributed by atoms with van der Waals surface area (Å²) in [4.78, 5) is 24.3. The number of allylic oxidation sites excluding steroid dienone is 2. The first-order chi connectivity index (χ1) is 14.2. The molecule has 0 fully saturated rings. The van der Waals surface area contributed by atoms with Crippen molar-refractivity contribution in [2.75, 3.05) is 13.7 Å². The van der Waals surface area contributed by atoms with Crippen LogP contribution in [-0.2, 0) is 25.5 Å². The van der Waals surface area contributed by atoms with Crippen molar-refractivity contribution < 1.29 is 27.8 Å². The minimum absolute atomic E-state index is 0.0737. The monoisotopic (exact) mass is 424 g/mol. The zero-order chi connectivity index (χ0) is 22.9. The number of amides is 1. The number of esters is 1. The van der Waals surface area contributed by atoms with E-state index >= 15 is 0 Å². The van der Waals surface area contributed by atoms with Crippen molar-refractivity contribution in [1.82, 2.24) is 5.32 Å². The Kier molecular flexibility index (Phi) is 14.5. The molecule has 1 amide bonds.